The summed E-state index contributed by atoms with van der Waals surface area (Å²) in [5.41, 5.74) is 0. The lowest BCUT2D eigenvalue weighted by molar-refractivity contribution is -0.131. The van der Waals surface area contributed by atoms with Gasteiger partial charge in [0.2, 0.25) is 0 Å². The largest absolute Gasteiger partial charge is 0.478 e. The van der Waals surface area contributed by atoms with Crippen LogP contribution in [0.4, 0.5) is 0 Å². The zero-order chi connectivity index (χ0) is 12.0. The Morgan fingerprint density at radius 3 is 2.88 bits per heavy atom. The van der Waals surface area contributed by atoms with Gasteiger partial charge < -0.3 is 10.4 Å². The molecule has 1 aromatic heterocycles. The van der Waals surface area contributed by atoms with E-state index in [1.165, 1.54) is 17.4 Å². The number of hydrogen-bond donors (Lipinski definition) is 2. The van der Waals surface area contributed by atoms with E-state index in [-0.39, 0.29) is 5.91 Å². The second kappa shape index (κ2) is 6.07. The van der Waals surface area contributed by atoms with Gasteiger partial charge in [-0.1, -0.05) is 6.92 Å². The van der Waals surface area contributed by atoms with Crippen LogP contribution in [0.15, 0.2) is 18.2 Å². The van der Waals surface area contributed by atoms with Gasteiger partial charge in [0.15, 0.2) is 0 Å². The highest BCUT2D eigenvalue weighted by Crippen LogP contribution is 2.17. The number of carbonyl (C=O) groups excluding carboxylic acids is 1. The number of thiophene rings is 1. The predicted molar refractivity (Wildman–Crippen MR) is 63.6 cm³/mol. The van der Waals surface area contributed by atoms with E-state index in [1.807, 2.05) is 6.92 Å². The third kappa shape index (κ3) is 3.86. The van der Waals surface area contributed by atoms with Gasteiger partial charge >= 0.3 is 5.97 Å². The number of rotatable bonds is 5. The first-order chi connectivity index (χ1) is 7.63. The van der Waals surface area contributed by atoms with Crippen molar-refractivity contribution in [2.45, 2.75) is 13.3 Å². The lowest BCUT2D eigenvalue weighted by atomic mass is 10.3. The third-order valence-electron chi connectivity index (χ3n) is 1.78. The number of carbonyl (C=O) groups is 2. The maximum Gasteiger partial charge on any atom is 0.328 e. The van der Waals surface area contributed by atoms with Crippen LogP contribution in [0.2, 0.25) is 0 Å². The van der Waals surface area contributed by atoms with Crippen LogP contribution in [0, 0.1) is 0 Å². The first-order valence-electron chi connectivity index (χ1n) is 4.92. The Morgan fingerprint density at radius 2 is 2.25 bits per heavy atom. The molecule has 0 aromatic carbocycles. The van der Waals surface area contributed by atoms with Gasteiger partial charge in [-0.15, -0.1) is 11.3 Å². The van der Waals surface area contributed by atoms with Crippen molar-refractivity contribution in [3.63, 3.8) is 0 Å². The summed E-state index contributed by atoms with van der Waals surface area (Å²) in [4.78, 5) is 23.2. The Balaban J connectivity index is 2.64. The van der Waals surface area contributed by atoms with Crippen molar-refractivity contribution in [2.75, 3.05) is 6.54 Å². The first kappa shape index (κ1) is 12.4. The second-order valence-electron chi connectivity index (χ2n) is 3.13. The fourth-order valence-corrected chi connectivity index (χ4v) is 1.87. The first-order valence-corrected chi connectivity index (χ1v) is 5.74. The summed E-state index contributed by atoms with van der Waals surface area (Å²) in [6.45, 7) is 2.63. The summed E-state index contributed by atoms with van der Waals surface area (Å²) >= 11 is 1.27. The van der Waals surface area contributed by atoms with Gasteiger partial charge in [-0.05, 0) is 24.6 Å². The van der Waals surface area contributed by atoms with Crippen molar-refractivity contribution in [2.24, 2.45) is 0 Å². The minimum atomic E-state index is -0.995. The van der Waals surface area contributed by atoms with E-state index >= 15 is 0 Å². The Hall–Kier alpha value is -1.62. The summed E-state index contributed by atoms with van der Waals surface area (Å²) in [7, 11) is 0. The lowest BCUT2D eigenvalue weighted by Gasteiger charge is -1.98. The molecule has 0 aliphatic rings. The molecular formula is C11H13NO3S. The van der Waals surface area contributed by atoms with E-state index in [2.05, 4.69) is 5.32 Å². The number of aliphatic carboxylic acids is 1. The van der Waals surface area contributed by atoms with Crippen molar-refractivity contribution < 1.29 is 14.7 Å². The average molecular weight is 239 g/mol. The van der Waals surface area contributed by atoms with Gasteiger partial charge in [0.05, 0.1) is 4.88 Å². The number of hydrogen-bond acceptors (Lipinski definition) is 3. The molecule has 0 spiro atoms. The number of nitrogens with one attached hydrogen (secondary N) is 1. The molecule has 86 valence electrons. The van der Waals surface area contributed by atoms with Crippen molar-refractivity contribution in [1.82, 2.24) is 5.32 Å². The Labute approximate surface area is 97.6 Å². The van der Waals surface area contributed by atoms with Crippen LogP contribution < -0.4 is 5.32 Å². The molecule has 0 aliphatic carbocycles. The molecule has 1 aromatic rings. The molecule has 4 nitrogen and oxygen atoms in total. The standard InChI is InChI=1S/C11H13NO3S/c1-2-7-12-11(15)9-5-3-8(16-9)4-6-10(13)14/h3-6H,2,7H2,1H3,(H,12,15)(H,13,14)/b6-4+. The molecule has 0 fully saturated rings. The molecule has 5 heteroatoms. The van der Waals surface area contributed by atoms with Gasteiger partial charge in [-0.3, -0.25) is 4.79 Å². The maximum atomic E-state index is 11.5. The highest BCUT2D eigenvalue weighted by molar-refractivity contribution is 7.14. The minimum absolute atomic E-state index is 0.109. The number of carboxylic acids is 1. The lowest BCUT2D eigenvalue weighted by Crippen LogP contribution is -2.22. The van der Waals surface area contributed by atoms with Gasteiger partial charge in [0.25, 0.3) is 5.91 Å². The minimum Gasteiger partial charge on any atom is -0.478 e. The van der Waals surface area contributed by atoms with E-state index in [1.54, 1.807) is 12.1 Å². The van der Waals surface area contributed by atoms with E-state index < -0.39 is 5.97 Å². The van der Waals surface area contributed by atoms with Crippen LogP contribution in [-0.4, -0.2) is 23.5 Å². The number of amides is 1. The molecule has 16 heavy (non-hydrogen) atoms. The SMILES string of the molecule is CCCNC(=O)c1ccc(/C=C/C(=O)O)s1. The van der Waals surface area contributed by atoms with E-state index in [4.69, 9.17) is 5.11 Å². The molecule has 0 atom stereocenters. The molecular weight excluding hydrogens is 226 g/mol. The summed E-state index contributed by atoms with van der Waals surface area (Å²) in [5, 5.41) is 11.2. The molecule has 1 amide bonds. The van der Waals surface area contributed by atoms with Gasteiger partial charge in [0.1, 0.15) is 0 Å². The molecule has 0 unspecified atom stereocenters. The topological polar surface area (TPSA) is 66.4 Å². The van der Waals surface area contributed by atoms with Crippen LogP contribution in [-0.2, 0) is 4.79 Å². The highest BCUT2D eigenvalue weighted by atomic mass is 32.1. The normalized spacial score (nSPS) is 10.6. The van der Waals surface area contributed by atoms with Gasteiger partial charge in [0, 0.05) is 17.5 Å². The Morgan fingerprint density at radius 1 is 1.50 bits per heavy atom. The van der Waals surface area contributed by atoms with Crippen molar-refractivity contribution in [3.8, 4) is 0 Å². The molecule has 0 saturated heterocycles. The van der Waals surface area contributed by atoms with E-state index in [0.29, 0.717) is 11.4 Å². The number of carboxylic acid groups (broad SMARTS) is 1. The predicted octanol–water partition coefficient (Wildman–Crippen LogP) is 1.99. The molecule has 0 bridgehead atoms. The highest BCUT2D eigenvalue weighted by Gasteiger charge is 2.06. The van der Waals surface area contributed by atoms with Crippen LogP contribution in [0.5, 0.6) is 0 Å². The fourth-order valence-electron chi connectivity index (χ4n) is 1.04. The zero-order valence-electron chi connectivity index (χ0n) is 8.90. The molecule has 2 N–H and O–H groups in total. The van der Waals surface area contributed by atoms with Crippen LogP contribution >= 0.6 is 11.3 Å². The molecule has 1 heterocycles. The van der Waals surface area contributed by atoms with Crippen molar-refractivity contribution in [3.05, 3.63) is 28.0 Å². The Kier molecular flexibility index (Phi) is 4.72. The summed E-state index contributed by atoms with van der Waals surface area (Å²) in [5.74, 6) is -1.10. The second-order valence-corrected chi connectivity index (χ2v) is 4.24. The van der Waals surface area contributed by atoms with Gasteiger partial charge in [-0.25, -0.2) is 4.79 Å². The monoisotopic (exact) mass is 239 g/mol. The molecule has 0 aliphatic heterocycles. The quantitative estimate of drug-likeness (QED) is 0.772. The summed E-state index contributed by atoms with van der Waals surface area (Å²) < 4.78 is 0. The smallest absolute Gasteiger partial charge is 0.328 e. The van der Waals surface area contributed by atoms with Crippen LogP contribution in [0.25, 0.3) is 6.08 Å². The molecule has 1 rings (SSSR count). The average Bonchev–Trinajstić information content (AvgIpc) is 2.71. The zero-order valence-corrected chi connectivity index (χ0v) is 9.71. The van der Waals surface area contributed by atoms with Gasteiger partial charge in [-0.2, -0.15) is 0 Å². The summed E-state index contributed by atoms with van der Waals surface area (Å²) in [6, 6.07) is 3.42. The van der Waals surface area contributed by atoms with E-state index in [9.17, 15) is 9.59 Å². The fraction of sp³-hybridized carbons (Fsp3) is 0.273. The van der Waals surface area contributed by atoms with Crippen LogP contribution in [0.1, 0.15) is 27.9 Å². The maximum absolute atomic E-state index is 11.5. The van der Waals surface area contributed by atoms with Crippen molar-refractivity contribution >= 4 is 29.3 Å². The third-order valence-corrected chi connectivity index (χ3v) is 2.83. The van der Waals surface area contributed by atoms with E-state index in [0.717, 1.165) is 17.4 Å². The Bertz CT molecular complexity index is 409. The molecule has 0 saturated carbocycles. The van der Waals surface area contributed by atoms with Crippen molar-refractivity contribution in [1.29, 1.82) is 0 Å². The molecule has 0 radical (unpaired) electrons. The summed E-state index contributed by atoms with van der Waals surface area (Å²) in [6.07, 6.45) is 3.42. The van der Waals surface area contributed by atoms with Crippen LogP contribution in [0.3, 0.4) is 0 Å².